The molecule has 32 heavy (non-hydrogen) atoms. The number of H-pyrrole nitrogens is 1. The van der Waals surface area contributed by atoms with Gasteiger partial charge in [-0.05, 0) is 68.4 Å². The van der Waals surface area contributed by atoms with Crippen molar-refractivity contribution in [3.63, 3.8) is 0 Å². The van der Waals surface area contributed by atoms with Crippen molar-refractivity contribution in [1.82, 2.24) is 10.2 Å². The first kappa shape index (κ1) is 22.4. The topological polar surface area (TPSA) is 55.0 Å². The molecule has 0 fully saturated rings. The van der Waals surface area contributed by atoms with Crippen LogP contribution in [0.1, 0.15) is 58.4 Å². The average Bonchev–Trinajstić information content (AvgIpc) is 3.20. The van der Waals surface area contributed by atoms with Crippen LogP contribution in [-0.2, 0) is 23.8 Å². The number of halogens is 4. The van der Waals surface area contributed by atoms with Crippen LogP contribution < -0.4 is 0 Å². The van der Waals surface area contributed by atoms with E-state index in [1.807, 2.05) is 0 Å². The van der Waals surface area contributed by atoms with Crippen molar-refractivity contribution in [2.45, 2.75) is 44.7 Å². The third-order valence-corrected chi connectivity index (χ3v) is 6.17. The van der Waals surface area contributed by atoms with Gasteiger partial charge in [0.05, 0.1) is 23.4 Å². The summed E-state index contributed by atoms with van der Waals surface area (Å²) in [6.07, 6.45) is -1.92. The molecule has 2 aromatic carbocycles. The van der Waals surface area contributed by atoms with E-state index in [4.69, 9.17) is 16.3 Å². The van der Waals surface area contributed by atoms with Crippen molar-refractivity contribution in [3.8, 4) is 11.3 Å². The fourth-order valence-corrected chi connectivity index (χ4v) is 4.62. The van der Waals surface area contributed by atoms with Crippen LogP contribution in [0.5, 0.6) is 0 Å². The van der Waals surface area contributed by atoms with Gasteiger partial charge in [0.25, 0.3) is 0 Å². The number of esters is 1. The van der Waals surface area contributed by atoms with E-state index in [2.05, 4.69) is 10.2 Å². The second-order valence-electron chi connectivity index (χ2n) is 7.82. The Kier molecular flexibility index (Phi) is 6.29. The van der Waals surface area contributed by atoms with Gasteiger partial charge in [0.1, 0.15) is 0 Å². The second kappa shape index (κ2) is 8.98. The smallest absolute Gasteiger partial charge is 0.416 e. The summed E-state index contributed by atoms with van der Waals surface area (Å²) in [4.78, 5) is 11.9. The Morgan fingerprint density at radius 1 is 1.22 bits per heavy atom. The molecule has 1 aliphatic rings. The van der Waals surface area contributed by atoms with Crippen LogP contribution in [0.2, 0.25) is 5.02 Å². The van der Waals surface area contributed by atoms with Gasteiger partial charge in [-0.25, -0.2) is 4.79 Å². The van der Waals surface area contributed by atoms with Gasteiger partial charge in [-0.3, -0.25) is 5.10 Å². The third-order valence-electron chi connectivity index (χ3n) is 5.81. The average molecular weight is 463 g/mol. The van der Waals surface area contributed by atoms with Crippen molar-refractivity contribution < 1.29 is 22.7 Å². The number of rotatable bonds is 5. The van der Waals surface area contributed by atoms with E-state index in [-0.39, 0.29) is 29.5 Å². The molecule has 1 heterocycles. The van der Waals surface area contributed by atoms with Crippen molar-refractivity contribution >= 4 is 17.6 Å². The largest absolute Gasteiger partial charge is 0.462 e. The van der Waals surface area contributed by atoms with Crippen molar-refractivity contribution in [1.29, 1.82) is 0 Å². The molecule has 1 N–H and O–H groups in total. The number of aromatic amines is 1. The van der Waals surface area contributed by atoms with Crippen LogP contribution >= 0.6 is 11.6 Å². The highest BCUT2D eigenvalue weighted by Crippen LogP contribution is 2.43. The van der Waals surface area contributed by atoms with Crippen LogP contribution in [0.15, 0.2) is 42.5 Å². The molecule has 8 heteroatoms. The van der Waals surface area contributed by atoms with Gasteiger partial charge in [0.2, 0.25) is 0 Å². The lowest BCUT2D eigenvalue weighted by molar-refractivity contribution is -0.138. The third kappa shape index (κ3) is 4.39. The van der Waals surface area contributed by atoms with Gasteiger partial charge in [-0.15, -0.1) is 0 Å². The maximum Gasteiger partial charge on any atom is 0.416 e. The van der Waals surface area contributed by atoms with Crippen molar-refractivity contribution in [2.75, 3.05) is 6.61 Å². The van der Waals surface area contributed by atoms with Crippen LogP contribution in [0.25, 0.3) is 11.3 Å². The molecule has 168 valence electrons. The first-order valence-electron chi connectivity index (χ1n) is 10.5. The minimum absolute atomic E-state index is 0.115. The predicted octanol–water partition coefficient (Wildman–Crippen LogP) is 6.59. The van der Waals surface area contributed by atoms with E-state index in [0.717, 1.165) is 42.1 Å². The van der Waals surface area contributed by atoms with Crippen molar-refractivity contribution in [3.05, 3.63) is 75.4 Å². The number of carbonyl (C=O) groups is 1. The first-order valence-corrected chi connectivity index (χ1v) is 10.9. The molecular weight excluding hydrogens is 441 g/mol. The number of carbonyl (C=O) groups excluding carboxylic acids is 1. The fourth-order valence-electron chi connectivity index (χ4n) is 4.37. The lowest BCUT2D eigenvalue weighted by Gasteiger charge is -2.25. The first-order chi connectivity index (χ1) is 15.3. The van der Waals surface area contributed by atoms with E-state index in [1.165, 1.54) is 12.1 Å². The van der Waals surface area contributed by atoms with E-state index in [9.17, 15) is 18.0 Å². The molecule has 4 nitrogen and oxygen atoms in total. The molecule has 0 radical (unpaired) electrons. The number of benzene rings is 2. The molecular formula is C24H22ClF3N2O2. The number of alkyl halides is 3. The Balaban J connectivity index is 1.69. The minimum atomic E-state index is -4.47. The number of nitrogens with one attached hydrogen (secondary N) is 1. The zero-order valence-electron chi connectivity index (χ0n) is 17.4. The summed E-state index contributed by atoms with van der Waals surface area (Å²) in [7, 11) is 0. The van der Waals surface area contributed by atoms with E-state index >= 15 is 0 Å². The molecule has 0 aliphatic heterocycles. The maximum atomic E-state index is 13.6. The van der Waals surface area contributed by atoms with Crippen molar-refractivity contribution in [2.24, 2.45) is 0 Å². The lowest BCUT2D eigenvalue weighted by atomic mass is 9.79. The van der Waals surface area contributed by atoms with E-state index < -0.39 is 17.7 Å². The van der Waals surface area contributed by atoms with Gasteiger partial charge in [-0.2, -0.15) is 18.3 Å². The van der Waals surface area contributed by atoms with Gasteiger partial charge in [0, 0.05) is 21.8 Å². The summed E-state index contributed by atoms with van der Waals surface area (Å²) in [5.41, 5.74) is 3.20. The van der Waals surface area contributed by atoms with Gasteiger partial charge in [0.15, 0.2) is 0 Å². The Morgan fingerprint density at radius 2 is 1.97 bits per heavy atom. The quantitative estimate of drug-likeness (QED) is 0.435. The summed E-state index contributed by atoms with van der Waals surface area (Å²) < 4.78 is 45.8. The zero-order valence-corrected chi connectivity index (χ0v) is 18.2. The Bertz CT molecular complexity index is 1120. The fraction of sp³-hybridized carbons (Fsp3) is 0.333. The molecule has 1 aliphatic carbocycles. The standard InChI is InChI=1S/C24H22ClF3N2O2/c1-2-32-23(31)15-11-9-14(10-12-15)22-21-16(5-3-8-20(21)29-30-22)13-17-18(24(26,27)28)6-4-7-19(17)25/h4,6-7,9-12,16H,2-3,5,8,13H2,1H3,(H,29,30). The van der Waals surface area contributed by atoms with Crippen LogP contribution in [0.3, 0.4) is 0 Å². The molecule has 1 atom stereocenters. The van der Waals surface area contributed by atoms with Crippen LogP contribution in [0, 0.1) is 0 Å². The highest BCUT2D eigenvalue weighted by Gasteiger charge is 2.36. The number of ether oxygens (including phenoxy) is 1. The lowest BCUT2D eigenvalue weighted by Crippen LogP contribution is -2.16. The van der Waals surface area contributed by atoms with Gasteiger partial charge >= 0.3 is 12.1 Å². The Morgan fingerprint density at radius 3 is 2.66 bits per heavy atom. The minimum Gasteiger partial charge on any atom is -0.462 e. The Labute approximate surface area is 188 Å². The normalized spacial score (nSPS) is 16.0. The number of fused-ring (bicyclic) bond motifs is 1. The molecule has 0 saturated carbocycles. The zero-order chi connectivity index (χ0) is 22.9. The number of aromatic nitrogens is 2. The summed E-state index contributed by atoms with van der Waals surface area (Å²) >= 11 is 6.22. The summed E-state index contributed by atoms with van der Waals surface area (Å²) in [5.74, 6) is -0.558. The Hall–Kier alpha value is -2.80. The molecule has 0 spiro atoms. The van der Waals surface area contributed by atoms with Crippen LogP contribution in [0.4, 0.5) is 13.2 Å². The summed E-state index contributed by atoms with van der Waals surface area (Å²) in [6, 6.07) is 10.8. The molecule has 0 amide bonds. The molecule has 3 aromatic rings. The summed E-state index contributed by atoms with van der Waals surface area (Å²) in [6.45, 7) is 2.03. The molecule has 0 bridgehead atoms. The second-order valence-corrected chi connectivity index (χ2v) is 8.23. The highest BCUT2D eigenvalue weighted by molar-refractivity contribution is 6.31. The predicted molar refractivity (Wildman–Crippen MR) is 116 cm³/mol. The van der Waals surface area contributed by atoms with Gasteiger partial charge in [-0.1, -0.05) is 29.8 Å². The highest BCUT2D eigenvalue weighted by atomic mass is 35.5. The summed E-state index contributed by atoms with van der Waals surface area (Å²) in [5, 5.41) is 7.65. The molecule has 0 saturated heterocycles. The van der Waals surface area contributed by atoms with E-state index in [1.54, 1.807) is 31.2 Å². The van der Waals surface area contributed by atoms with Crippen LogP contribution in [-0.4, -0.2) is 22.8 Å². The molecule has 4 rings (SSSR count). The molecule has 1 aromatic heterocycles. The van der Waals surface area contributed by atoms with E-state index in [0.29, 0.717) is 11.3 Å². The number of hydrogen-bond donors (Lipinski definition) is 1. The number of aryl methyl sites for hydroxylation is 1. The van der Waals surface area contributed by atoms with Gasteiger partial charge < -0.3 is 4.74 Å². The monoisotopic (exact) mass is 462 g/mol. The SMILES string of the molecule is CCOC(=O)c1ccc(-c2n[nH]c3c2C(Cc2c(Cl)cccc2C(F)(F)F)CCC3)cc1. The number of hydrogen-bond acceptors (Lipinski definition) is 3. The number of nitrogens with zero attached hydrogens (tertiary/aromatic N) is 1. The molecule has 1 unspecified atom stereocenters. The maximum absolute atomic E-state index is 13.6.